The Bertz CT molecular complexity index is 3750. The molecule has 10 rings (SSSR count). The minimum Gasteiger partial charge on any atom is -0.400 e. The van der Waals surface area contributed by atoms with Gasteiger partial charge in [0.2, 0.25) is 0 Å². The minimum absolute atomic E-state index is 0. The Morgan fingerprint density at radius 3 is 0.674 bits per heavy atom. The van der Waals surface area contributed by atoms with Crippen LogP contribution in [0.4, 0.5) is 0 Å². The molecule has 86 heavy (non-hydrogen) atoms. The molecule has 1 radical (unpaired) electrons. The Hall–Kier alpha value is -13.0. The van der Waals surface area contributed by atoms with Crippen LogP contribution in [0.25, 0.3) is 90.1 Å². The number of nitriles is 9. The number of pyridine rings is 8. The Kier molecular flexibility index (Phi) is 27.6. The first kappa shape index (κ1) is 65.5. The van der Waals surface area contributed by atoms with Crippen molar-refractivity contribution in [2.24, 2.45) is 0 Å². The average molecular weight is 1160 g/mol. The summed E-state index contributed by atoms with van der Waals surface area (Å²) in [6, 6.07) is 67.5. The number of hydrogen-bond donors (Lipinski definition) is 1. The Morgan fingerprint density at radius 2 is 0.500 bits per heavy atom. The van der Waals surface area contributed by atoms with E-state index in [0.29, 0.717) is 20.9 Å². The smallest absolute Gasteiger partial charge is 0.136 e. The SMILES string of the molecule is CC#N.CO.N#CC(C#N)=c1ccc(=C(C#N)C#N)cc1.N#CC(C#N)=c1ccc(=C(C#N)C#N)cc1.[Co].c1ccc(-c2cc(-c3ccncc3)cc(-c3ccccn3)n2)nc1.c1ccc(-c2cc(-c3ccncc3)cc(-c3ccccn3)n2)nc1. The molecule has 18 nitrogen and oxygen atoms in total. The van der Waals surface area contributed by atoms with Crippen LogP contribution in [-0.4, -0.2) is 52.1 Å². The van der Waals surface area contributed by atoms with E-state index in [1.54, 1.807) is 104 Å². The van der Waals surface area contributed by atoms with Gasteiger partial charge in [0.25, 0.3) is 0 Å². The van der Waals surface area contributed by atoms with Crippen molar-refractivity contribution >= 4 is 22.3 Å². The van der Waals surface area contributed by atoms with Gasteiger partial charge in [-0.1, -0.05) is 72.8 Å². The number of hydrogen-bond acceptors (Lipinski definition) is 18. The summed E-state index contributed by atoms with van der Waals surface area (Å²) in [6.07, 6.45) is 14.3. The molecule has 0 bridgehead atoms. The fourth-order valence-electron chi connectivity index (χ4n) is 7.29. The fourth-order valence-corrected chi connectivity index (χ4v) is 7.29. The van der Waals surface area contributed by atoms with E-state index in [2.05, 4.69) is 29.9 Å². The Morgan fingerprint density at radius 1 is 0.291 bits per heavy atom. The van der Waals surface area contributed by atoms with E-state index in [1.807, 2.05) is 121 Å². The molecule has 8 heterocycles. The zero-order valence-electron chi connectivity index (χ0n) is 45.7. The quantitative estimate of drug-likeness (QED) is 0.162. The molecule has 0 fully saturated rings. The number of rotatable bonds is 6. The standard InChI is InChI=1S/2C20H14N4.2C12H4N4.C2H3N.CH4O.Co/c2*1-3-9-22-17(5-1)19-13-16(15-7-11-21-12-8-15)14-20(24-19)18-6-2-4-10-23-18;2*13-5-11(6-14)9-1-2-10(4-3-9)12(7-15)8-16;1-2-3;1-2;/h2*1-14H;2*1-4H;1H3;2H,1H3;. The summed E-state index contributed by atoms with van der Waals surface area (Å²) in [6.45, 7) is 1.43. The van der Waals surface area contributed by atoms with Gasteiger partial charge in [-0.25, -0.2) is 9.97 Å². The van der Waals surface area contributed by atoms with E-state index in [4.69, 9.17) is 62.4 Å². The maximum atomic E-state index is 8.63. The second-order valence-electron chi connectivity index (χ2n) is 16.4. The van der Waals surface area contributed by atoms with E-state index in [1.165, 1.54) is 55.5 Å². The predicted molar refractivity (Wildman–Crippen MR) is 317 cm³/mol. The Labute approximate surface area is 505 Å². The molecule has 0 unspecified atom stereocenters. The number of aliphatic hydroxyl groups excluding tert-OH is 1. The molecule has 411 valence electrons. The number of aliphatic hydroxyl groups is 1. The zero-order chi connectivity index (χ0) is 61.0. The number of aromatic nitrogens is 8. The molecule has 0 saturated carbocycles. The van der Waals surface area contributed by atoms with Gasteiger partial charge in [-0.05, 0) is 119 Å². The molecular formula is C67H43CoN17O. The van der Waals surface area contributed by atoms with Crippen molar-refractivity contribution < 1.29 is 21.9 Å². The van der Waals surface area contributed by atoms with Crippen molar-refractivity contribution in [2.45, 2.75) is 6.92 Å². The van der Waals surface area contributed by atoms with E-state index in [0.717, 1.165) is 74.9 Å². The average Bonchev–Trinajstić information content (AvgIpc) is 3.36. The second kappa shape index (κ2) is 36.3. The zero-order valence-corrected chi connectivity index (χ0v) is 46.7. The van der Waals surface area contributed by atoms with Crippen molar-refractivity contribution in [2.75, 3.05) is 7.11 Å². The first-order valence-corrected chi connectivity index (χ1v) is 24.9. The number of nitrogens with zero attached hydrogens (tertiary/aromatic N) is 17. The molecule has 0 spiro atoms. The second-order valence-corrected chi connectivity index (χ2v) is 16.4. The largest absolute Gasteiger partial charge is 0.400 e. The molecule has 0 amide bonds. The fraction of sp³-hybridized carbons (Fsp3) is 0.0299. The van der Waals surface area contributed by atoms with Gasteiger partial charge in [-0.3, -0.25) is 29.9 Å². The monoisotopic (exact) mass is 1160 g/mol. The van der Waals surface area contributed by atoms with Crippen LogP contribution in [0.5, 0.6) is 0 Å². The molecule has 8 aromatic heterocycles. The predicted octanol–water partition coefficient (Wildman–Crippen LogP) is 8.84. The van der Waals surface area contributed by atoms with Crippen molar-refractivity contribution in [3.05, 3.63) is 240 Å². The topological polar surface area (TPSA) is 337 Å². The molecule has 2 aromatic carbocycles. The molecular weight excluding hydrogens is 1120 g/mol. The van der Waals surface area contributed by atoms with Crippen LogP contribution in [0.1, 0.15) is 6.92 Å². The van der Waals surface area contributed by atoms with Gasteiger partial charge in [0.1, 0.15) is 70.8 Å². The molecule has 0 aliphatic rings. The maximum Gasteiger partial charge on any atom is 0.136 e. The third kappa shape index (κ3) is 19.1. The van der Waals surface area contributed by atoms with Crippen molar-refractivity contribution in [1.29, 1.82) is 47.4 Å². The minimum atomic E-state index is 0. The van der Waals surface area contributed by atoms with Gasteiger partial charge in [0, 0.05) is 101 Å². The van der Waals surface area contributed by atoms with Gasteiger partial charge in [0.15, 0.2) is 0 Å². The van der Waals surface area contributed by atoms with Gasteiger partial charge in [0.05, 0.1) is 51.6 Å². The van der Waals surface area contributed by atoms with Crippen LogP contribution in [-0.2, 0) is 16.8 Å². The van der Waals surface area contributed by atoms with E-state index >= 15 is 0 Å². The van der Waals surface area contributed by atoms with Gasteiger partial charge in [-0.15, -0.1) is 0 Å². The van der Waals surface area contributed by atoms with Crippen LogP contribution in [0.2, 0.25) is 0 Å². The van der Waals surface area contributed by atoms with Crippen LogP contribution in [0, 0.1) is 102 Å². The van der Waals surface area contributed by atoms with Crippen molar-refractivity contribution in [3.63, 3.8) is 0 Å². The van der Waals surface area contributed by atoms with E-state index < -0.39 is 0 Å². The first-order valence-electron chi connectivity index (χ1n) is 24.9. The third-order valence-corrected chi connectivity index (χ3v) is 11.2. The molecule has 10 aromatic rings. The van der Waals surface area contributed by atoms with Crippen LogP contribution >= 0.6 is 0 Å². The van der Waals surface area contributed by atoms with Crippen LogP contribution in [0.3, 0.4) is 0 Å². The molecule has 0 atom stereocenters. The first-order chi connectivity index (χ1) is 41.7. The van der Waals surface area contributed by atoms with E-state index in [-0.39, 0.29) is 39.1 Å². The number of benzene rings is 2. The summed E-state index contributed by atoms with van der Waals surface area (Å²) in [5.74, 6) is 0. The summed E-state index contributed by atoms with van der Waals surface area (Å²) < 4.78 is 0. The summed E-state index contributed by atoms with van der Waals surface area (Å²) in [7, 11) is 1.00. The van der Waals surface area contributed by atoms with Crippen LogP contribution < -0.4 is 20.9 Å². The Balaban J connectivity index is 0.000000243. The summed E-state index contributed by atoms with van der Waals surface area (Å²) in [5.41, 5.74) is 11.0. The van der Waals surface area contributed by atoms with Crippen LogP contribution in [0.15, 0.2) is 219 Å². The molecule has 1 N–H and O–H groups in total. The normalized spacial score (nSPS) is 8.91. The van der Waals surface area contributed by atoms with Gasteiger partial charge < -0.3 is 5.11 Å². The van der Waals surface area contributed by atoms with Crippen molar-refractivity contribution in [3.8, 4) is 122 Å². The maximum absolute atomic E-state index is 8.63. The molecule has 0 aliphatic carbocycles. The summed E-state index contributed by atoms with van der Waals surface area (Å²) in [5, 5.41) is 85.3. The van der Waals surface area contributed by atoms with Gasteiger partial charge in [-0.2, -0.15) is 47.4 Å². The van der Waals surface area contributed by atoms with Gasteiger partial charge >= 0.3 is 0 Å². The van der Waals surface area contributed by atoms with E-state index in [9.17, 15) is 0 Å². The molecule has 0 aliphatic heterocycles. The third-order valence-electron chi connectivity index (χ3n) is 11.2. The molecule has 0 saturated heterocycles. The summed E-state index contributed by atoms with van der Waals surface area (Å²) in [4.78, 5) is 35.4. The summed E-state index contributed by atoms with van der Waals surface area (Å²) >= 11 is 0. The van der Waals surface area contributed by atoms with Crippen molar-refractivity contribution in [1.82, 2.24) is 39.9 Å². The molecule has 19 heteroatoms.